The number of rotatable bonds is 10. The van der Waals surface area contributed by atoms with E-state index in [0.29, 0.717) is 62.3 Å². The van der Waals surface area contributed by atoms with Gasteiger partial charge >= 0.3 is 12.1 Å². The van der Waals surface area contributed by atoms with Crippen molar-refractivity contribution in [3.05, 3.63) is 53.9 Å². The number of esters is 1. The highest BCUT2D eigenvalue weighted by Crippen LogP contribution is 2.30. The number of carbonyl (C=O) groups excluding carboxylic acids is 2. The van der Waals surface area contributed by atoms with E-state index in [1.165, 1.54) is 5.56 Å². The van der Waals surface area contributed by atoms with Crippen LogP contribution in [0.15, 0.2) is 42.6 Å². The highest BCUT2D eigenvalue weighted by Gasteiger charge is 2.27. The number of hydrogen-bond acceptors (Lipinski definition) is 9. The highest BCUT2D eigenvalue weighted by atomic mass is 16.6. The molecule has 1 saturated heterocycles. The van der Waals surface area contributed by atoms with E-state index in [0.717, 1.165) is 18.5 Å². The van der Waals surface area contributed by atoms with Gasteiger partial charge in [-0.1, -0.05) is 18.7 Å². The second kappa shape index (κ2) is 13.8. The van der Waals surface area contributed by atoms with Crippen molar-refractivity contribution in [2.24, 2.45) is 0 Å². The molecule has 10 heteroatoms. The first kappa shape index (κ1) is 30.4. The summed E-state index contributed by atoms with van der Waals surface area (Å²) < 4.78 is 10.5. The zero-order valence-electron chi connectivity index (χ0n) is 24.2. The number of hydrogen-bond donors (Lipinski definition) is 1. The molecular weight excluding hydrogens is 508 g/mol. The Morgan fingerprint density at radius 1 is 1.20 bits per heavy atom. The minimum absolute atomic E-state index is 0.189. The Morgan fingerprint density at radius 2 is 1.88 bits per heavy atom. The Kier molecular flexibility index (Phi) is 10.5. The summed E-state index contributed by atoms with van der Waals surface area (Å²) in [4.78, 5) is 37.0. The van der Waals surface area contributed by atoms with E-state index in [9.17, 15) is 14.9 Å². The molecule has 1 aliphatic heterocycles. The summed E-state index contributed by atoms with van der Waals surface area (Å²) in [6.07, 6.45) is 3.47. The van der Waals surface area contributed by atoms with Crippen LogP contribution in [0.5, 0.6) is 0 Å². The topological polar surface area (TPSA) is 121 Å². The average molecular weight is 549 g/mol. The van der Waals surface area contributed by atoms with Crippen LogP contribution in [0.2, 0.25) is 0 Å². The summed E-state index contributed by atoms with van der Waals surface area (Å²) in [7, 11) is 0. The number of likely N-dealkylation sites (tertiary alicyclic amines) is 1. The van der Waals surface area contributed by atoms with Crippen LogP contribution in [0.3, 0.4) is 0 Å². The van der Waals surface area contributed by atoms with Gasteiger partial charge in [0.05, 0.1) is 12.8 Å². The van der Waals surface area contributed by atoms with E-state index in [1.807, 2.05) is 44.7 Å². The monoisotopic (exact) mass is 548 g/mol. The highest BCUT2D eigenvalue weighted by molar-refractivity contribution is 5.87. The molecule has 2 heterocycles. The number of amides is 1. The van der Waals surface area contributed by atoms with Crippen molar-refractivity contribution < 1.29 is 19.1 Å². The van der Waals surface area contributed by atoms with Crippen LogP contribution in [0.25, 0.3) is 0 Å². The number of ether oxygens (including phenoxy) is 2. The first-order valence-corrected chi connectivity index (χ1v) is 13.8. The van der Waals surface area contributed by atoms with Gasteiger partial charge in [-0.25, -0.2) is 19.6 Å². The van der Waals surface area contributed by atoms with E-state index in [2.05, 4.69) is 40.1 Å². The third-order valence-corrected chi connectivity index (χ3v) is 6.61. The fraction of sp³-hybridized carbons (Fsp3) is 0.500. The van der Waals surface area contributed by atoms with Gasteiger partial charge in [-0.2, -0.15) is 5.26 Å². The van der Waals surface area contributed by atoms with Gasteiger partial charge in [0.25, 0.3) is 0 Å². The predicted octanol–water partition coefficient (Wildman–Crippen LogP) is 5.54. The smallest absolute Gasteiger partial charge is 0.410 e. The average Bonchev–Trinajstić information content (AvgIpc) is 2.93. The van der Waals surface area contributed by atoms with E-state index in [-0.39, 0.29) is 11.8 Å². The second-order valence-electron chi connectivity index (χ2n) is 10.7. The van der Waals surface area contributed by atoms with E-state index in [1.54, 1.807) is 18.0 Å². The summed E-state index contributed by atoms with van der Waals surface area (Å²) in [5, 5.41) is 12.8. The molecule has 2 aromatic rings. The first-order valence-electron chi connectivity index (χ1n) is 13.8. The van der Waals surface area contributed by atoms with Gasteiger partial charge in [-0.3, -0.25) is 0 Å². The molecule has 1 aromatic heterocycles. The molecule has 1 fully saturated rings. The van der Waals surface area contributed by atoms with Gasteiger partial charge in [-0.15, -0.1) is 0 Å². The second-order valence-corrected chi connectivity index (χ2v) is 10.7. The lowest BCUT2D eigenvalue weighted by Crippen LogP contribution is -2.41. The minimum atomic E-state index is -0.500. The molecule has 1 amide bonds. The Balaban J connectivity index is 1.64. The zero-order chi connectivity index (χ0) is 29.3. The Bertz CT molecular complexity index is 1220. The van der Waals surface area contributed by atoms with Crippen LogP contribution in [0.1, 0.15) is 71.1 Å². The molecule has 0 aliphatic carbocycles. The van der Waals surface area contributed by atoms with Crippen LogP contribution in [0.4, 0.5) is 22.1 Å². The third kappa shape index (κ3) is 8.43. The van der Waals surface area contributed by atoms with Gasteiger partial charge < -0.3 is 24.6 Å². The maximum Gasteiger partial charge on any atom is 0.410 e. The van der Waals surface area contributed by atoms with Gasteiger partial charge in [0.15, 0.2) is 11.5 Å². The standard InChI is InChI=1S/C30H40N6O4/c1-7-35(16-13-21(3)28(37)39-8-2)26-20-32-25(19-31)27(34-26)33-24-11-9-22(10-12-24)23-14-17-36(18-15-23)29(38)40-30(4,5)6/h9-12,20,23H,3,7-8,13-18H2,1-2,4-6H3,(H,33,34). The lowest BCUT2D eigenvalue weighted by molar-refractivity contribution is -0.138. The molecule has 0 radical (unpaired) electrons. The molecule has 0 bridgehead atoms. The number of nitrogens with one attached hydrogen (secondary N) is 1. The lowest BCUT2D eigenvalue weighted by atomic mass is 9.89. The van der Waals surface area contributed by atoms with Crippen molar-refractivity contribution in [1.82, 2.24) is 14.9 Å². The van der Waals surface area contributed by atoms with Crippen LogP contribution in [0, 0.1) is 11.3 Å². The van der Waals surface area contributed by atoms with Crippen LogP contribution in [-0.2, 0) is 14.3 Å². The lowest BCUT2D eigenvalue weighted by Gasteiger charge is -2.33. The third-order valence-electron chi connectivity index (χ3n) is 6.61. The summed E-state index contributed by atoms with van der Waals surface area (Å²) in [5.74, 6) is 0.909. The van der Waals surface area contributed by atoms with E-state index in [4.69, 9.17) is 9.47 Å². The summed E-state index contributed by atoms with van der Waals surface area (Å²) >= 11 is 0. The minimum Gasteiger partial charge on any atom is -0.463 e. The first-order chi connectivity index (χ1) is 19.0. The molecule has 40 heavy (non-hydrogen) atoms. The van der Waals surface area contributed by atoms with Gasteiger partial charge in [0.1, 0.15) is 17.5 Å². The zero-order valence-corrected chi connectivity index (χ0v) is 24.2. The number of benzene rings is 1. The predicted molar refractivity (Wildman–Crippen MR) is 155 cm³/mol. The van der Waals surface area contributed by atoms with Crippen molar-refractivity contribution in [3.63, 3.8) is 0 Å². The summed E-state index contributed by atoms with van der Waals surface area (Å²) in [6.45, 7) is 16.0. The van der Waals surface area contributed by atoms with Gasteiger partial charge in [0.2, 0.25) is 0 Å². The largest absolute Gasteiger partial charge is 0.463 e. The van der Waals surface area contributed by atoms with E-state index >= 15 is 0 Å². The summed E-state index contributed by atoms with van der Waals surface area (Å²) in [6, 6.07) is 10.2. The molecule has 1 aromatic carbocycles. The molecule has 1 aliphatic rings. The Labute approximate surface area is 237 Å². The molecule has 0 spiro atoms. The van der Waals surface area contributed by atoms with E-state index < -0.39 is 11.6 Å². The Hall–Kier alpha value is -4.13. The quantitative estimate of drug-likeness (QED) is 0.301. The fourth-order valence-electron chi connectivity index (χ4n) is 4.44. The maximum absolute atomic E-state index is 12.4. The number of aromatic nitrogens is 2. The molecule has 0 unspecified atom stereocenters. The van der Waals surface area contributed by atoms with Crippen molar-refractivity contribution in [2.45, 2.75) is 65.4 Å². The van der Waals surface area contributed by atoms with Gasteiger partial charge in [0, 0.05) is 37.4 Å². The van der Waals surface area contributed by atoms with Crippen LogP contribution < -0.4 is 10.2 Å². The van der Waals surface area contributed by atoms with Crippen molar-refractivity contribution in [1.29, 1.82) is 5.26 Å². The molecule has 1 N–H and O–H groups in total. The maximum atomic E-state index is 12.4. The molecule has 3 rings (SSSR count). The molecule has 10 nitrogen and oxygen atoms in total. The number of nitrogens with zero attached hydrogens (tertiary/aromatic N) is 5. The van der Waals surface area contributed by atoms with Gasteiger partial charge in [-0.05, 0) is 77.5 Å². The molecule has 0 atom stereocenters. The Morgan fingerprint density at radius 3 is 2.45 bits per heavy atom. The van der Waals surface area contributed by atoms with Crippen molar-refractivity contribution in [3.8, 4) is 6.07 Å². The molecular formula is C30H40N6O4. The van der Waals surface area contributed by atoms with Crippen molar-refractivity contribution in [2.75, 3.05) is 43.0 Å². The van der Waals surface area contributed by atoms with Crippen LogP contribution >= 0.6 is 0 Å². The number of piperidine rings is 1. The normalized spacial score (nSPS) is 13.8. The number of nitriles is 1. The molecule has 0 saturated carbocycles. The fourth-order valence-corrected chi connectivity index (χ4v) is 4.44. The summed E-state index contributed by atoms with van der Waals surface area (Å²) in [5.41, 5.74) is 2.08. The van der Waals surface area contributed by atoms with Crippen LogP contribution in [-0.4, -0.2) is 65.3 Å². The number of carbonyl (C=O) groups is 2. The van der Waals surface area contributed by atoms with Crippen molar-refractivity contribution >= 4 is 29.4 Å². The number of anilines is 3. The SMILES string of the molecule is C=C(CCN(CC)c1cnc(C#N)c(Nc2ccc(C3CCN(C(=O)OC(C)(C)C)CC3)cc2)n1)C(=O)OCC. The molecule has 214 valence electrons.